The number of imidazole rings is 1. The second kappa shape index (κ2) is 6.46. The third-order valence-electron chi connectivity index (χ3n) is 4.08. The minimum Gasteiger partial charge on any atom is -0.383 e. The molecule has 0 atom stereocenters. The number of ether oxygens (including phenoxy) is 1. The number of aryl methyl sites for hydroxylation is 1. The SMILES string of the molecule is COCCN1CCN(Cc2cnc3ccc(C)cn23)CC1=O. The van der Waals surface area contributed by atoms with Gasteiger partial charge in [-0.05, 0) is 18.6 Å². The Balaban J connectivity index is 1.66. The van der Waals surface area contributed by atoms with Crippen LogP contribution in [0, 0.1) is 6.92 Å². The zero-order valence-electron chi connectivity index (χ0n) is 13.2. The Labute approximate surface area is 130 Å². The fourth-order valence-corrected chi connectivity index (χ4v) is 2.81. The van der Waals surface area contributed by atoms with Crippen LogP contribution in [-0.2, 0) is 16.1 Å². The van der Waals surface area contributed by atoms with E-state index in [1.165, 1.54) is 5.56 Å². The maximum atomic E-state index is 12.2. The van der Waals surface area contributed by atoms with Crippen molar-refractivity contribution in [3.05, 3.63) is 35.8 Å². The zero-order chi connectivity index (χ0) is 15.5. The summed E-state index contributed by atoms with van der Waals surface area (Å²) in [6.45, 7) is 6.20. The third-order valence-corrected chi connectivity index (χ3v) is 4.08. The van der Waals surface area contributed by atoms with Crippen molar-refractivity contribution in [2.75, 3.05) is 39.9 Å². The number of fused-ring (bicyclic) bond motifs is 1. The van der Waals surface area contributed by atoms with Crippen molar-refractivity contribution in [3.8, 4) is 0 Å². The molecule has 1 fully saturated rings. The van der Waals surface area contributed by atoms with Gasteiger partial charge < -0.3 is 14.0 Å². The topological polar surface area (TPSA) is 50.1 Å². The molecule has 0 radical (unpaired) electrons. The predicted molar refractivity (Wildman–Crippen MR) is 83.7 cm³/mol. The number of hydrogen-bond donors (Lipinski definition) is 0. The molecular weight excluding hydrogens is 280 g/mol. The fourth-order valence-electron chi connectivity index (χ4n) is 2.81. The summed E-state index contributed by atoms with van der Waals surface area (Å²) in [5.74, 6) is 0.174. The number of hydrogen-bond acceptors (Lipinski definition) is 4. The van der Waals surface area contributed by atoms with Crippen molar-refractivity contribution in [3.63, 3.8) is 0 Å². The first kappa shape index (κ1) is 15.0. The summed E-state index contributed by atoms with van der Waals surface area (Å²) in [4.78, 5) is 20.6. The number of methoxy groups -OCH3 is 1. The smallest absolute Gasteiger partial charge is 0.236 e. The van der Waals surface area contributed by atoms with Crippen molar-refractivity contribution < 1.29 is 9.53 Å². The van der Waals surface area contributed by atoms with Crippen LogP contribution in [-0.4, -0.2) is 65.0 Å². The van der Waals surface area contributed by atoms with Crippen LogP contribution in [0.5, 0.6) is 0 Å². The van der Waals surface area contributed by atoms with Crippen LogP contribution < -0.4 is 0 Å². The van der Waals surface area contributed by atoms with E-state index in [-0.39, 0.29) is 5.91 Å². The lowest BCUT2D eigenvalue weighted by Crippen LogP contribution is -2.50. The summed E-state index contributed by atoms with van der Waals surface area (Å²) < 4.78 is 7.15. The molecule has 1 saturated heterocycles. The molecule has 6 nitrogen and oxygen atoms in total. The maximum absolute atomic E-state index is 12.2. The van der Waals surface area contributed by atoms with Gasteiger partial charge in [0.05, 0.1) is 25.0 Å². The molecule has 0 spiro atoms. The van der Waals surface area contributed by atoms with Crippen LogP contribution in [0.15, 0.2) is 24.5 Å². The molecule has 3 rings (SSSR count). The minimum atomic E-state index is 0.174. The molecule has 0 aliphatic carbocycles. The van der Waals surface area contributed by atoms with E-state index in [9.17, 15) is 4.79 Å². The number of rotatable bonds is 5. The Bertz CT molecular complexity index is 667. The zero-order valence-corrected chi connectivity index (χ0v) is 13.2. The number of nitrogens with zero attached hydrogens (tertiary/aromatic N) is 4. The van der Waals surface area contributed by atoms with E-state index in [4.69, 9.17) is 4.74 Å². The van der Waals surface area contributed by atoms with Gasteiger partial charge >= 0.3 is 0 Å². The summed E-state index contributed by atoms with van der Waals surface area (Å²) >= 11 is 0. The van der Waals surface area contributed by atoms with E-state index >= 15 is 0 Å². The lowest BCUT2D eigenvalue weighted by atomic mass is 10.2. The van der Waals surface area contributed by atoms with Gasteiger partial charge in [-0.1, -0.05) is 6.07 Å². The van der Waals surface area contributed by atoms with Gasteiger partial charge in [-0.2, -0.15) is 0 Å². The Hall–Kier alpha value is -1.92. The monoisotopic (exact) mass is 302 g/mol. The van der Waals surface area contributed by atoms with Crippen LogP contribution in [0.4, 0.5) is 0 Å². The standard InChI is InChI=1S/C16H22N4O2/c1-13-3-4-15-17-9-14(20(15)10-13)11-18-5-6-19(7-8-22-2)16(21)12-18/h3-4,9-10H,5-8,11-12H2,1-2H3. The highest BCUT2D eigenvalue weighted by Crippen LogP contribution is 2.13. The van der Waals surface area contributed by atoms with E-state index in [1.54, 1.807) is 7.11 Å². The van der Waals surface area contributed by atoms with Crippen LogP contribution in [0.1, 0.15) is 11.3 Å². The number of carbonyl (C=O) groups is 1. The largest absolute Gasteiger partial charge is 0.383 e. The minimum absolute atomic E-state index is 0.174. The van der Waals surface area contributed by atoms with E-state index in [0.29, 0.717) is 19.7 Å². The molecule has 6 heteroatoms. The highest BCUT2D eigenvalue weighted by Gasteiger charge is 2.24. The van der Waals surface area contributed by atoms with Crippen LogP contribution in [0.3, 0.4) is 0 Å². The number of pyridine rings is 1. The third kappa shape index (κ3) is 3.13. The number of amides is 1. The van der Waals surface area contributed by atoms with Crippen LogP contribution >= 0.6 is 0 Å². The van der Waals surface area contributed by atoms with Gasteiger partial charge in [-0.15, -0.1) is 0 Å². The summed E-state index contributed by atoms with van der Waals surface area (Å²) in [7, 11) is 1.66. The maximum Gasteiger partial charge on any atom is 0.236 e. The second-order valence-electron chi connectivity index (χ2n) is 5.77. The summed E-state index contributed by atoms with van der Waals surface area (Å²) in [6.07, 6.45) is 3.99. The van der Waals surface area contributed by atoms with E-state index < -0.39 is 0 Å². The van der Waals surface area contributed by atoms with E-state index in [1.807, 2.05) is 17.2 Å². The molecule has 0 N–H and O–H groups in total. The van der Waals surface area contributed by atoms with Gasteiger partial charge in [0.1, 0.15) is 5.65 Å². The highest BCUT2D eigenvalue weighted by molar-refractivity contribution is 5.79. The van der Waals surface area contributed by atoms with Gasteiger partial charge in [0.25, 0.3) is 0 Å². The Kier molecular flexibility index (Phi) is 4.40. The molecule has 2 aromatic rings. The molecule has 0 unspecified atom stereocenters. The van der Waals surface area contributed by atoms with Crippen molar-refractivity contribution in [2.45, 2.75) is 13.5 Å². The predicted octanol–water partition coefficient (Wildman–Crippen LogP) is 0.933. The average Bonchev–Trinajstić information content (AvgIpc) is 2.89. The van der Waals surface area contributed by atoms with Gasteiger partial charge in [0.15, 0.2) is 0 Å². The first-order valence-corrected chi connectivity index (χ1v) is 7.59. The number of piperazine rings is 1. The molecule has 22 heavy (non-hydrogen) atoms. The molecule has 2 aromatic heterocycles. The average molecular weight is 302 g/mol. The highest BCUT2D eigenvalue weighted by atomic mass is 16.5. The van der Waals surface area contributed by atoms with E-state index in [2.05, 4.69) is 33.5 Å². The molecule has 1 amide bonds. The molecule has 1 aliphatic rings. The first-order chi connectivity index (χ1) is 10.7. The normalized spacial score (nSPS) is 16.6. The molecule has 0 aromatic carbocycles. The summed E-state index contributed by atoms with van der Waals surface area (Å²) in [5.41, 5.74) is 3.27. The Morgan fingerprint density at radius 2 is 2.18 bits per heavy atom. The quantitative estimate of drug-likeness (QED) is 0.824. The molecule has 1 aliphatic heterocycles. The van der Waals surface area contributed by atoms with Gasteiger partial charge in [0, 0.05) is 39.5 Å². The van der Waals surface area contributed by atoms with Crippen LogP contribution in [0.25, 0.3) is 5.65 Å². The Morgan fingerprint density at radius 3 is 2.95 bits per heavy atom. The lowest BCUT2D eigenvalue weighted by Gasteiger charge is -2.34. The van der Waals surface area contributed by atoms with Crippen molar-refractivity contribution in [2.24, 2.45) is 0 Å². The number of aromatic nitrogens is 2. The Morgan fingerprint density at radius 1 is 1.32 bits per heavy atom. The fraction of sp³-hybridized carbons (Fsp3) is 0.500. The molecule has 0 bridgehead atoms. The summed E-state index contributed by atoms with van der Waals surface area (Å²) in [6, 6.07) is 4.08. The lowest BCUT2D eigenvalue weighted by molar-refractivity contribution is -0.136. The molecule has 118 valence electrons. The van der Waals surface area contributed by atoms with Crippen LogP contribution in [0.2, 0.25) is 0 Å². The van der Waals surface area contributed by atoms with Crippen molar-refractivity contribution in [1.29, 1.82) is 0 Å². The molecular formula is C16H22N4O2. The van der Waals surface area contributed by atoms with Crippen molar-refractivity contribution >= 4 is 11.6 Å². The van der Waals surface area contributed by atoms with E-state index in [0.717, 1.165) is 31.0 Å². The number of carbonyl (C=O) groups excluding carboxylic acids is 1. The van der Waals surface area contributed by atoms with Gasteiger partial charge in [-0.25, -0.2) is 4.98 Å². The summed E-state index contributed by atoms with van der Waals surface area (Å²) in [5, 5.41) is 0. The van der Waals surface area contributed by atoms with Gasteiger partial charge in [0.2, 0.25) is 5.91 Å². The second-order valence-corrected chi connectivity index (χ2v) is 5.77. The molecule has 3 heterocycles. The van der Waals surface area contributed by atoms with Crippen molar-refractivity contribution in [1.82, 2.24) is 19.2 Å². The first-order valence-electron chi connectivity index (χ1n) is 7.59. The molecule has 0 saturated carbocycles. The van der Waals surface area contributed by atoms with Gasteiger partial charge in [-0.3, -0.25) is 9.69 Å².